The molecule has 2 aliphatic rings. The molecule has 1 aliphatic heterocycles. The van der Waals surface area contributed by atoms with Gasteiger partial charge in [-0.1, -0.05) is 18.2 Å². The molecule has 1 aromatic carbocycles. The minimum Gasteiger partial charge on any atom is -0.480 e. The maximum Gasteiger partial charge on any atom is 0.326 e. The third-order valence-electron chi connectivity index (χ3n) is 4.38. The average molecular weight is 273 g/mol. The number of rotatable bonds is 3. The number of carbonyl (C=O) groups is 2. The number of amides is 1. The first kappa shape index (κ1) is 13.2. The normalized spacial score (nSPS) is 21.0. The van der Waals surface area contributed by atoms with Crippen LogP contribution in [0.4, 0.5) is 0 Å². The smallest absolute Gasteiger partial charge is 0.326 e. The van der Waals surface area contributed by atoms with Gasteiger partial charge < -0.3 is 10.0 Å². The summed E-state index contributed by atoms with van der Waals surface area (Å²) in [7, 11) is 0. The molecular weight excluding hydrogens is 254 g/mol. The molecule has 1 saturated heterocycles. The highest BCUT2D eigenvalue weighted by molar-refractivity contribution is 5.85. The fraction of sp³-hybridized carbons (Fsp3) is 0.500. The summed E-state index contributed by atoms with van der Waals surface area (Å²) in [5, 5.41) is 9.13. The third-order valence-corrected chi connectivity index (χ3v) is 4.38. The standard InChI is InChI=1S/C16H19NO3/c18-15(17-8-2-5-14(17)16(19)20)10-11-6-7-12-3-1-4-13(12)9-11/h6-7,9,14H,1-5,8,10H2,(H,19,20). The number of carboxylic acids is 1. The van der Waals surface area contributed by atoms with Crippen LogP contribution < -0.4 is 0 Å². The largest absolute Gasteiger partial charge is 0.480 e. The number of fused-ring (bicyclic) bond motifs is 1. The van der Waals surface area contributed by atoms with Gasteiger partial charge >= 0.3 is 5.97 Å². The van der Waals surface area contributed by atoms with Gasteiger partial charge in [0.15, 0.2) is 0 Å². The second-order valence-electron chi connectivity index (χ2n) is 5.72. The summed E-state index contributed by atoms with van der Waals surface area (Å²) in [5.74, 6) is -0.947. The minimum atomic E-state index is -0.884. The summed E-state index contributed by atoms with van der Waals surface area (Å²) < 4.78 is 0. The molecule has 0 saturated carbocycles. The van der Waals surface area contributed by atoms with E-state index in [-0.39, 0.29) is 5.91 Å². The van der Waals surface area contributed by atoms with Gasteiger partial charge in [0.25, 0.3) is 0 Å². The Hall–Kier alpha value is -1.84. The molecule has 3 rings (SSSR count). The molecule has 0 aromatic heterocycles. The van der Waals surface area contributed by atoms with Crippen LogP contribution in [0.1, 0.15) is 36.0 Å². The summed E-state index contributed by atoms with van der Waals surface area (Å²) in [6.45, 7) is 0.570. The lowest BCUT2D eigenvalue weighted by Crippen LogP contribution is -2.41. The van der Waals surface area contributed by atoms with Crippen LogP contribution in [0.25, 0.3) is 0 Å². The second kappa shape index (κ2) is 5.27. The van der Waals surface area contributed by atoms with E-state index < -0.39 is 12.0 Å². The first-order valence-electron chi connectivity index (χ1n) is 7.28. The molecule has 0 spiro atoms. The van der Waals surface area contributed by atoms with Crippen molar-refractivity contribution in [3.8, 4) is 0 Å². The summed E-state index contributed by atoms with van der Waals surface area (Å²) in [6, 6.07) is 5.61. The molecule has 1 amide bonds. The SMILES string of the molecule is O=C(O)C1CCCN1C(=O)Cc1ccc2c(c1)CCC2. The van der Waals surface area contributed by atoms with E-state index in [0.717, 1.165) is 24.8 Å². The molecule has 1 heterocycles. The topological polar surface area (TPSA) is 57.6 Å². The average Bonchev–Trinajstić information content (AvgIpc) is 3.06. The van der Waals surface area contributed by atoms with Crippen molar-refractivity contribution in [2.45, 2.75) is 44.6 Å². The zero-order valence-corrected chi connectivity index (χ0v) is 11.5. The van der Waals surface area contributed by atoms with E-state index in [0.29, 0.717) is 19.4 Å². The fourth-order valence-corrected chi connectivity index (χ4v) is 3.33. The van der Waals surface area contributed by atoms with Crippen LogP contribution in [0.15, 0.2) is 18.2 Å². The highest BCUT2D eigenvalue weighted by Gasteiger charge is 2.33. The van der Waals surface area contributed by atoms with Gasteiger partial charge in [0.2, 0.25) is 5.91 Å². The van der Waals surface area contributed by atoms with Crippen LogP contribution in [-0.2, 0) is 28.9 Å². The van der Waals surface area contributed by atoms with Gasteiger partial charge in [-0.2, -0.15) is 0 Å². The van der Waals surface area contributed by atoms with E-state index in [4.69, 9.17) is 5.11 Å². The van der Waals surface area contributed by atoms with Crippen molar-refractivity contribution < 1.29 is 14.7 Å². The van der Waals surface area contributed by atoms with Crippen LogP contribution in [0, 0.1) is 0 Å². The van der Waals surface area contributed by atoms with E-state index in [1.54, 1.807) is 0 Å². The Balaban J connectivity index is 1.71. The Kier molecular flexibility index (Phi) is 3.47. The number of aryl methyl sites for hydroxylation is 2. The number of likely N-dealkylation sites (tertiary alicyclic amines) is 1. The first-order chi connectivity index (χ1) is 9.65. The van der Waals surface area contributed by atoms with Crippen molar-refractivity contribution in [1.82, 2.24) is 4.90 Å². The van der Waals surface area contributed by atoms with E-state index in [2.05, 4.69) is 12.1 Å². The number of carboxylic acid groups (broad SMARTS) is 1. The molecule has 0 bridgehead atoms. The van der Waals surface area contributed by atoms with Crippen LogP contribution in [0.2, 0.25) is 0 Å². The summed E-state index contributed by atoms with van der Waals surface area (Å²) in [6.07, 6.45) is 5.10. The molecule has 1 aromatic rings. The van der Waals surface area contributed by atoms with E-state index >= 15 is 0 Å². The van der Waals surface area contributed by atoms with Gasteiger partial charge in [-0.05, 0) is 48.8 Å². The van der Waals surface area contributed by atoms with Crippen LogP contribution >= 0.6 is 0 Å². The Labute approximate surface area is 118 Å². The van der Waals surface area contributed by atoms with E-state index in [1.165, 1.54) is 22.4 Å². The Morgan fingerprint density at radius 2 is 2.00 bits per heavy atom. The Morgan fingerprint density at radius 1 is 1.20 bits per heavy atom. The predicted octanol–water partition coefficient (Wildman–Crippen LogP) is 1.79. The van der Waals surface area contributed by atoms with Crippen molar-refractivity contribution in [3.63, 3.8) is 0 Å². The highest BCUT2D eigenvalue weighted by Crippen LogP contribution is 2.24. The molecule has 4 nitrogen and oxygen atoms in total. The van der Waals surface area contributed by atoms with Gasteiger partial charge in [0.05, 0.1) is 6.42 Å². The summed E-state index contributed by atoms with van der Waals surface area (Å²) in [4.78, 5) is 24.9. The lowest BCUT2D eigenvalue weighted by atomic mass is 10.0. The molecule has 20 heavy (non-hydrogen) atoms. The lowest BCUT2D eigenvalue weighted by molar-refractivity contribution is -0.148. The maximum absolute atomic E-state index is 12.3. The third kappa shape index (κ3) is 2.42. The Bertz CT molecular complexity index is 553. The monoisotopic (exact) mass is 273 g/mol. The number of benzene rings is 1. The quantitative estimate of drug-likeness (QED) is 0.913. The zero-order valence-electron chi connectivity index (χ0n) is 11.5. The van der Waals surface area contributed by atoms with E-state index in [1.807, 2.05) is 6.07 Å². The molecule has 1 fully saturated rings. The molecule has 1 aliphatic carbocycles. The number of hydrogen-bond donors (Lipinski definition) is 1. The van der Waals surface area contributed by atoms with Gasteiger partial charge in [-0.15, -0.1) is 0 Å². The first-order valence-corrected chi connectivity index (χ1v) is 7.28. The molecule has 1 atom stereocenters. The maximum atomic E-state index is 12.3. The number of aliphatic carboxylic acids is 1. The summed E-state index contributed by atoms with van der Waals surface area (Å²) >= 11 is 0. The summed E-state index contributed by atoms with van der Waals surface area (Å²) in [5.41, 5.74) is 3.75. The van der Waals surface area contributed by atoms with Crippen LogP contribution in [-0.4, -0.2) is 34.5 Å². The number of carbonyl (C=O) groups excluding carboxylic acids is 1. The van der Waals surface area contributed by atoms with Crippen molar-refractivity contribution >= 4 is 11.9 Å². The Morgan fingerprint density at radius 3 is 2.80 bits per heavy atom. The molecular formula is C16H19NO3. The van der Waals surface area contributed by atoms with Crippen molar-refractivity contribution in [1.29, 1.82) is 0 Å². The fourth-order valence-electron chi connectivity index (χ4n) is 3.33. The molecule has 1 unspecified atom stereocenters. The highest BCUT2D eigenvalue weighted by atomic mass is 16.4. The minimum absolute atomic E-state index is 0.0622. The molecule has 4 heteroatoms. The van der Waals surface area contributed by atoms with Gasteiger partial charge in [0, 0.05) is 6.54 Å². The lowest BCUT2D eigenvalue weighted by Gasteiger charge is -2.21. The zero-order chi connectivity index (χ0) is 14.1. The molecule has 0 radical (unpaired) electrons. The van der Waals surface area contributed by atoms with Gasteiger partial charge in [-0.3, -0.25) is 4.79 Å². The van der Waals surface area contributed by atoms with E-state index in [9.17, 15) is 9.59 Å². The van der Waals surface area contributed by atoms with Crippen LogP contribution in [0.5, 0.6) is 0 Å². The van der Waals surface area contributed by atoms with Gasteiger partial charge in [-0.25, -0.2) is 4.79 Å². The second-order valence-corrected chi connectivity index (χ2v) is 5.72. The van der Waals surface area contributed by atoms with Crippen molar-refractivity contribution in [3.05, 3.63) is 34.9 Å². The molecule has 106 valence electrons. The van der Waals surface area contributed by atoms with Crippen molar-refractivity contribution in [2.75, 3.05) is 6.54 Å². The van der Waals surface area contributed by atoms with Crippen molar-refractivity contribution in [2.24, 2.45) is 0 Å². The van der Waals surface area contributed by atoms with Crippen LogP contribution in [0.3, 0.4) is 0 Å². The predicted molar refractivity (Wildman–Crippen MR) is 74.5 cm³/mol. The number of nitrogens with zero attached hydrogens (tertiary/aromatic N) is 1. The number of hydrogen-bond acceptors (Lipinski definition) is 2. The van der Waals surface area contributed by atoms with Gasteiger partial charge in [0.1, 0.15) is 6.04 Å². The molecule has 1 N–H and O–H groups in total.